The quantitative estimate of drug-likeness (QED) is 0.824. The molecule has 0 amide bonds. The third kappa shape index (κ3) is 4.10. The van der Waals surface area contributed by atoms with Crippen molar-refractivity contribution in [2.45, 2.75) is 25.9 Å². The molecule has 1 aromatic carbocycles. The highest BCUT2D eigenvalue weighted by atomic mass is 32.2. The molecule has 4 heteroatoms. The summed E-state index contributed by atoms with van der Waals surface area (Å²) in [5.41, 5.74) is 1.16. The van der Waals surface area contributed by atoms with Gasteiger partial charge in [-0.05, 0) is 26.2 Å². The highest BCUT2D eigenvalue weighted by molar-refractivity contribution is 7.98. The average molecular weight is 269 g/mol. The highest BCUT2D eigenvalue weighted by Gasteiger charge is 2.14. The van der Waals surface area contributed by atoms with Crippen LogP contribution in [0, 0.1) is 0 Å². The van der Waals surface area contributed by atoms with Crippen molar-refractivity contribution in [1.82, 2.24) is 5.32 Å². The lowest BCUT2D eigenvalue weighted by Gasteiger charge is -2.21. The predicted octanol–water partition coefficient (Wildman–Crippen LogP) is 3.11. The van der Waals surface area contributed by atoms with E-state index in [4.69, 9.17) is 9.47 Å². The summed E-state index contributed by atoms with van der Waals surface area (Å²) < 4.78 is 10.6. The number of hydrogen-bond donors (Lipinski definition) is 1. The molecule has 18 heavy (non-hydrogen) atoms. The van der Waals surface area contributed by atoms with Gasteiger partial charge in [0, 0.05) is 29.5 Å². The number of nitrogens with one attached hydrogen (secondary N) is 1. The van der Waals surface area contributed by atoms with E-state index in [0.29, 0.717) is 6.04 Å². The monoisotopic (exact) mass is 269 g/mol. The number of ether oxygens (including phenoxy) is 2. The van der Waals surface area contributed by atoms with Crippen LogP contribution < -0.4 is 14.8 Å². The molecule has 1 aromatic rings. The van der Waals surface area contributed by atoms with Gasteiger partial charge < -0.3 is 14.8 Å². The Bertz CT molecular complexity index is 371. The summed E-state index contributed by atoms with van der Waals surface area (Å²) in [5, 5.41) is 3.57. The summed E-state index contributed by atoms with van der Waals surface area (Å²) in [6, 6.07) is 6.68. The third-order valence-corrected chi connectivity index (χ3v) is 3.69. The minimum absolute atomic E-state index is 0.257. The molecular weight excluding hydrogens is 246 g/mol. The first-order valence-electron chi connectivity index (χ1n) is 6.09. The molecule has 0 radical (unpaired) electrons. The molecule has 0 bridgehead atoms. The van der Waals surface area contributed by atoms with Crippen molar-refractivity contribution in [1.29, 1.82) is 0 Å². The Hall–Kier alpha value is -0.870. The molecule has 0 saturated carbocycles. The maximum atomic E-state index is 5.43. The zero-order chi connectivity index (χ0) is 13.5. The molecule has 0 heterocycles. The van der Waals surface area contributed by atoms with Gasteiger partial charge in [0.15, 0.2) is 0 Å². The molecule has 0 aliphatic carbocycles. The second-order valence-electron chi connectivity index (χ2n) is 4.35. The molecule has 0 aliphatic heterocycles. The number of benzene rings is 1. The van der Waals surface area contributed by atoms with E-state index in [1.807, 2.05) is 23.9 Å². The first-order valence-corrected chi connectivity index (χ1v) is 7.48. The van der Waals surface area contributed by atoms with Crippen LogP contribution in [0.1, 0.15) is 25.5 Å². The molecule has 1 rings (SSSR count). The van der Waals surface area contributed by atoms with E-state index in [1.165, 1.54) is 0 Å². The molecule has 3 nitrogen and oxygen atoms in total. The first-order chi connectivity index (χ1) is 8.62. The van der Waals surface area contributed by atoms with E-state index in [1.54, 1.807) is 14.2 Å². The molecule has 2 atom stereocenters. The lowest BCUT2D eigenvalue weighted by Crippen LogP contribution is -2.31. The molecule has 102 valence electrons. The van der Waals surface area contributed by atoms with E-state index in [9.17, 15) is 0 Å². The van der Waals surface area contributed by atoms with E-state index < -0.39 is 0 Å². The number of rotatable bonds is 7. The van der Waals surface area contributed by atoms with Gasteiger partial charge in [-0.3, -0.25) is 0 Å². The van der Waals surface area contributed by atoms with Crippen molar-refractivity contribution in [2.24, 2.45) is 0 Å². The van der Waals surface area contributed by atoms with Crippen molar-refractivity contribution in [3.63, 3.8) is 0 Å². The van der Waals surface area contributed by atoms with Crippen LogP contribution in [0.15, 0.2) is 18.2 Å². The Morgan fingerprint density at radius 2 is 1.94 bits per heavy atom. The fraction of sp³-hybridized carbons (Fsp3) is 0.571. The largest absolute Gasteiger partial charge is 0.497 e. The lowest BCUT2D eigenvalue weighted by atomic mass is 10.1. The zero-order valence-electron chi connectivity index (χ0n) is 11.8. The Balaban J connectivity index is 2.81. The second-order valence-corrected chi connectivity index (χ2v) is 5.26. The molecule has 0 aromatic heterocycles. The normalized spacial score (nSPS) is 14.1. The Labute approximate surface area is 114 Å². The van der Waals surface area contributed by atoms with Crippen LogP contribution in [0.4, 0.5) is 0 Å². The molecule has 0 spiro atoms. The molecule has 0 unspecified atom stereocenters. The van der Waals surface area contributed by atoms with Gasteiger partial charge in [0.1, 0.15) is 11.5 Å². The van der Waals surface area contributed by atoms with E-state index in [-0.39, 0.29) is 6.04 Å². The van der Waals surface area contributed by atoms with Gasteiger partial charge in [-0.15, -0.1) is 0 Å². The second kappa shape index (κ2) is 7.54. The Kier molecular flexibility index (Phi) is 6.36. The van der Waals surface area contributed by atoms with Gasteiger partial charge in [-0.1, -0.05) is 6.07 Å². The molecule has 0 aliphatic rings. The Morgan fingerprint density at radius 3 is 2.50 bits per heavy atom. The third-order valence-electron chi connectivity index (χ3n) is 2.86. The maximum absolute atomic E-state index is 5.43. The van der Waals surface area contributed by atoms with Crippen LogP contribution in [0.25, 0.3) is 0 Å². The van der Waals surface area contributed by atoms with Crippen LogP contribution in [0.2, 0.25) is 0 Å². The lowest BCUT2D eigenvalue weighted by molar-refractivity contribution is 0.384. The summed E-state index contributed by atoms with van der Waals surface area (Å²) in [6.07, 6.45) is 2.12. The standard InChI is InChI=1S/C14H23NO2S/c1-10(9-18-5)15-11(2)13-7-6-12(16-3)8-14(13)17-4/h6-8,10-11,15H,9H2,1-5H3/t10-,11-/m0/s1. The zero-order valence-corrected chi connectivity index (χ0v) is 12.6. The summed E-state index contributed by atoms with van der Waals surface area (Å²) in [7, 11) is 3.35. The maximum Gasteiger partial charge on any atom is 0.127 e. The SMILES string of the molecule is COc1ccc([C@H](C)N[C@@H](C)CSC)c(OC)c1. The average Bonchev–Trinajstić information content (AvgIpc) is 2.38. The number of hydrogen-bond acceptors (Lipinski definition) is 4. The fourth-order valence-corrected chi connectivity index (χ4v) is 2.59. The minimum Gasteiger partial charge on any atom is -0.497 e. The van der Waals surface area contributed by atoms with Crippen LogP contribution in [-0.4, -0.2) is 32.3 Å². The fourth-order valence-electron chi connectivity index (χ4n) is 1.99. The first kappa shape index (κ1) is 15.2. The van der Waals surface area contributed by atoms with Gasteiger partial charge in [-0.2, -0.15) is 11.8 Å². The van der Waals surface area contributed by atoms with Crippen molar-refractivity contribution in [3.05, 3.63) is 23.8 Å². The molecule has 1 N–H and O–H groups in total. The minimum atomic E-state index is 0.257. The van der Waals surface area contributed by atoms with E-state index in [0.717, 1.165) is 22.8 Å². The van der Waals surface area contributed by atoms with Gasteiger partial charge >= 0.3 is 0 Å². The molecule has 0 saturated heterocycles. The van der Waals surface area contributed by atoms with Gasteiger partial charge in [0.25, 0.3) is 0 Å². The smallest absolute Gasteiger partial charge is 0.127 e. The van der Waals surface area contributed by atoms with Crippen LogP contribution in [0.3, 0.4) is 0 Å². The molecular formula is C14H23NO2S. The van der Waals surface area contributed by atoms with Gasteiger partial charge in [0.05, 0.1) is 14.2 Å². The summed E-state index contributed by atoms with van der Waals surface area (Å²) >= 11 is 1.85. The van der Waals surface area contributed by atoms with E-state index >= 15 is 0 Å². The predicted molar refractivity (Wildman–Crippen MR) is 78.9 cm³/mol. The summed E-state index contributed by atoms with van der Waals surface area (Å²) in [5.74, 6) is 2.79. The van der Waals surface area contributed by atoms with Crippen LogP contribution in [0.5, 0.6) is 11.5 Å². The van der Waals surface area contributed by atoms with E-state index in [2.05, 4.69) is 31.5 Å². The molecule has 0 fully saturated rings. The van der Waals surface area contributed by atoms with Crippen molar-refractivity contribution < 1.29 is 9.47 Å². The van der Waals surface area contributed by atoms with Crippen LogP contribution >= 0.6 is 11.8 Å². The van der Waals surface area contributed by atoms with Gasteiger partial charge in [0.2, 0.25) is 0 Å². The summed E-state index contributed by atoms with van der Waals surface area (Å²) in [6.45, 7) is 4.35. The Morgan fingerprint density at radius 1 is 1.22 bits per heavy atom. The highest BCUT2D eigenvalue weighted by Crippen LogP contribution is 2.29. The van der Waals surface area contributed by atoms with Crippen molar-refractivity contribution in [3.8, 4) is 11.5 Å². The number of methoxy groups -OCH3 is 2. The van der Waals surface area contributed by atoms with Crippen molar-refractivity contribution >= 4 is 11.8 Å². The van der Waals surface area contributed by atoms with Crippen molar-refractivity contribution in [2.75, 3.05) is 26.2 Å². The van der Waals surface area contributed by atoms with Crippen LogP contribution in [-0.2, 0) is 0 Å². The number of thioether (sulfide) groups is 1. The topological polar surface area (TPSA) is 30.5 Å². The summed E-state index contributed by atoms with van der Waals surface area (Å²) in [4.78, 5) is 0. The van der Waals surface area contributed by atoms with Gasteiger partial charge in [-0.25, -0.2) is 0 Å².